The van der Waals surface area contributed by atoms with Crippen molar-refractivity contribution in [3.63, 3.8) is 0 Å². The minimum Gasteiger partial charge on any atom is -0.395 e. The van der Waals surface area contributed by atoms with Crippen LogP contribution in [0.3, 0.4) is 0 Å². The predicted molar refractivity (Wildman–Crippen MR) is 63.7 cm³/mol. The first-order chi connectivity index (χ1) is 7.47. The van der Waals surface area contributed by atoms with Crippen molar-refractivity contribution in [2.45, 2.75) is 38.8 Å². The Morgan fingerprint density at radius 2 is 2.19 bits per heavy atom. The standard InChI is InChI=1S/C10H22N2O3S/c1-9(2)12(6-7-13)16(14,15)8-10-4-3-5-11-10/h9-11,13H,3-8H2,1-2H3. The predicted octanol–water partition coefficient (Wildman–Crippen LogP) is -0.229. The first kappa shape index (κ1) is 13.9. The van der Waals surface area contributed by atoms with E-state index in [9.17, 15) is 8.42 Å². The lowest BCUT2D eigenvalue weighted by atomic mass is 10.3. The maximum absolute atomic E-state index is 12.1. The third kappa shape index (κ3) is 3.69. The van der Waals surface area contributed by atoms with Gasteiger partial charge < -0.3 is 10.4 Å². The molecule has 2 N–H and O–H groups in total. The van der Waals surface area contributed by atoms with Gasteiger partial charge in [0.2, 0.25) is 10.0 Å². The van der Waals surface area contributed by atoms with E-state index in [4.69, 9.17) is 5.11 Å². The second kappa shape index (κ2) is 5.95. The van der Waals surface area contributed by atoms with Crippen molar-refractivity contribution in [1.29, 1.82) is 0 Å². The largest absolute Gasteiger partial charge is 0.395 e. The molecule has 5 nitrogen and oxygen atoms in total. The minimum atomic E-state index is -3.26. The molecule has 0 aromatic heterocycles. The number of hydrogen-bond donors (Lipinski definition) is 2. The normalized spacial score (nSPS) is 22.2. The second-order valence-electron chi connectivity index (χ2n) is 4.50. The fourth-order valence-corrected chi connectivity index (χ4v) is 4.05. The van der Waals surface area contributed by atoms with Crippen LogP contribution in [-0.2, 0) is 10.0 Å². The van der Waals surface area contributed by atoms with Crippen LogP contribution in [0.25, 0.3) is 0 Å². The van der Waals surface area contributed by atoms with Crippen molar-refractivity contribution in [3.8, 4) is 0 Å². The lowest BCUT2D eigenvalue weighted by Gasteiger charge is -2.26. The van der Waals surface area contributed by atoms with Crippen LogP contribution in [0.4, 0.5) is 0 Å². The van der Waals surface area contributed by atoms with Crippen LogP contribution >= 0.6 is 0 Å². The van der Waals surface area contributed by atoms with E-state index in [0.29, 0.717) is 0 Å². The Balaban J connectivity index is 2.64. The summed E-state index contributed by atoms with van der Waals surface area (Å²) in [6, 6.07) is -0.0245. The van der Waals surface area contributed by atoms with Gasteiger partial charge in [-0.25, -0.2) is 8.42 Å². The monoisotopic (exact) mass is 250 g/mol. The second-order valence-corrected chi connectivity index (χ2v) is 6.47. The highest BCUT2D eigenvalue weighted by Gasteiger charge is 2.28. The molecular formula is C10H22N2O3S. The SMILES string of the molecule is CC(C)N(CCO)S(=O)(=O)CC1CCCN1. The summed E-state index contributed by atoms with van der Waals surface area (Å²) in [7, 11) is -3.26. The molecule has 1 aliphatic heterocycles. The summed E-state index contributed by atoms with van der Waals surface area (Å²) in [6.07, 6.45) is 1.96. The van der Waals surface area contributed by atoms with Crippen molar-refractivity contribution < 1.29 is 13.5 Å². The van der Waals surface area contributed by atoms with Crippen LogP contribution in [0.2, 0.25) is 0 Å². The van der Waals surface area contributed by atoms with E-state index in [-0.39, 0.29) is 31.0 Å². The van der Waals surface area contributed by atoms with E-state index >= 15 is 0 Å². The Morgan fingerprint density at radius 3 is 2.62 bits per heavy atom. The number of rotatable bonds is 6. The summed E-state index contributed by atoms with van der Waals surface area (Å²) in [4.78, 5) is 0. The molecule has 6 heteroatoms. The zero-order valence-corrected chi connectivity index (χ0v) is 10.8. The molecule has 1 saturated heterocycles. The molecule has 1 atom stereocenters. The Bertz CT molecular complexity index is 297. The minimum absolute atomic E-state index is 0.0740. The molecule has 96 valence electrons. The smallest absolute Gasteiger partial charge is 0.215 e. The molecule has 0 amide bonds. The van der Waals surface area contributed by atoms with E-state index in [2.05, 4.69) is 5.32 Å². The maximum atomic E-state index is 12.1. The third-order valence-corrected chi connectivity index (χ3v) is 4.97. The number of aliphatic hydroxyl groups excluding tert-OH is 1. The van der Waals surface area contributed by atoms with Crippen LogP contribution in [0.1, 0.15) is 26.7 Å². The molecule has 1 aliphatic rings. The zero-order chi connectivity index (χ0) is 12.2. The average molecular weight is 250 g/mol. The van der Waals surface area contributed by atoms with E-state index in [1.54, 1.807) is 0 Å². The summed E-state index contributed by atoms with van der Waals surface area (Å²) < 4.78 is 25.6. The van der Waals surface area contributed by atoms with Crippen molar-refractivity contribution in [2.24, 2.45) is 0 Å². The fourth-order valence-electron chi connectivity index (χ4n) is 2.07. The summed E-state index contributed by atoms with van der Waals surface area (Å²) in [5.74, 6) is 0.144. The van der Waals surface area contributed by atoms with Gasteiger partial charge in [0.05, 0.1) is 12.4 Å². The van der Waals surface area contributed by atoms with Gasteiger partial charge in [0.25, 0.3) is 0 Å². The maximum Gasteiger partial charge on any atom is 0.215 e. The first-order valence-electron chi connectivity index (χ1n) is 5.81. The van der Waals surface area contributed by atoms with Crippen molar-refractivity contribution in [2.75, 3.05) is 25.4 Å². The van der Waals surface area contributed by atoms with Crippen LogP contribution in [-0.4, -0.2) is 55.4 Å². The van der Waals surface area contributed by atoms with Crippen molar-refractivity contribution in [3.05, 3.63) is 0 Å². The van der Waals surface area contributed by atoms with Gasteiger partial charge in [0, 0.05) is 18.6 Å². The summed E-state index contributed by atoms with van der Waals surface area (Å²) in [5.41, 5.74) is 0. The molecule has 1 fully saturated rings. The van der Waals surface area contributed by atoms with Gasteiger partial charge in [0.15, 0.2) is 0 Å². The Morgan fingerprint density at radius 1 is 1.50 bits per heavy atom. The van der Waals surface area contributed by atoms with Gasteiger partial charge in [-0.15, -0.1) is 0 Å². The van der Waals surface area contributed by atoms with Crippen molar-refractivity contribution >= 4 is 10.0 Å². The Labute approximate surface area is 97.9 Å². The molecule has 0 spiro atoms. The number of hydrogen-bond acceptors (Lipinski definition) is 4. The molecule has 0 aromatic carbocycles. The van der Waals surface area contributed by atoms with Crippen LogP contribution in [0.5, 0.6) is 0 Å². The van der Waals surface area contributed by atoms with E-state index in [0.717, 1.165) is 19.4 Å². The fraction of sp³-hybridized carbons (Fsp3) is 1.00. The van der Waals surface area contributed by atoms with Crippen LogP contribution < -0.4 is 5.32 Å². The molecule has 0 bridgehead atoms. The molecular weight excluding hydrogens is 228 g/mol. The summed E-state index contributed by atoms with van der Waals surface area (Å²) in [5, 5.41) is 12.1. The van der Waals surface area contributed by atoms with E-state index < -0.39 is 10.0 Å². The topological polar surface area (TPSA) is 69.6 Å². The molecule has 0 saturated carbocycles. The first-order valence-corrected chi connectivity index (χ1v) is 7.42. The summed E-state index contributed by atoms with van der Waals surface area (Å²) >= 11 is 0. The lowest BCUT2D eigenvalue weighted by molar-refractivity contribution is 0.236. The molecule has 1 heterocycles. The van der Waals surface area contributed by atoms with Gasteiger partial charge in [0.1, 0.15) is 0 Å². The molecule has 0 radical (unpaired) electrons. The number of sulfonamides is 1. The summed E-state index contributed by atoms with van der Waals surface area (Å²) in [6.45, 7) is 4.62. The Kier molecular flexibility index (Phi) is 5.17. The third-order valence-electron chi connectivity index (χ3n) is 2.83. The van der Waals surface area contributed by atoms with Gasteiger partial charge in [-0.3, -0.25) is 0 Å². The highest BCUT2D eigenvalue weighted by atomic mass is 32.2. The number of aliphatic hydroxyl groups is 1. The highest BCUT2D eigenvalue weighted by Crippen LogP contribution is 2.13. The van der Waals surface area contributed by atoms with Gasteiger partial charge in [-0.2, -0.15) is 4.31 Å². The lowest BCUT2D eigenvalue weighted by Crippen LogP contribution is -2.44. The zero-order valence-electron chi connectivity index (χ0n) is 10.0. The van der Waals surface area contributed by atoms with Gasteiger partial charge in [-0.1, -0.05) is 0 Å². The highest BCUT2D eigenvalue weighted by molar-refractivity contribution is 7.89. The van der Waals surface area contributed by atoms with E-state index in [1.165, 1.54) is 4.31 Å². The average Bonchev–Trinajstić information content (AvgIpc) is 2.65. The van der Waals surface area contributed by atoms with Crippen LogP contribution in [0, 0.1) is 0 Å². The van der Waals surface area contributed by atoms with Crippen molar-refractivity contribution in [1.82, 2.24) is 9.62 Å². The molecule has 1 unspecified atom stereocenters. The quantitative estimate of drug-likeness (QED) is 0.683. The number of nitrogens with one attached hydrogen (secondary N) is 1. The Hall–Kier alpha value is -0.170. The molecule has 0 aromatic rings. The molecule has 1 rings (SSSR count). The number of nitrogens with zero attached hydrogens (tertiary/aromatic N) is 1. The van der Waals surface area contributed by atoms with Gasteiger partial charge in [-0.05, 0) is 33.2 Å². The van der Waals surface area contributed by atoms with Gasteiger partial charge >= 0.3 is 0 Å². The molecule has 16 heavy (non-hydrogen) atoms. The van der Waals surface area contributed by atoms with E-state index in [1.807, 2.05) is 13.8 Å². The van der Waals surface area contributed by atoms with Crippen LogP contribution in [0.15, 0.2) is 0 Å². The molecule has 0 aliphatic carbocycles.